The van der Waals surface area contributed by atoms with E-state index >= 15 is 0 Å². The van der Waals surface area contributed by atoms with Crippen LogP contribution >= 0.6 is 12.2 Å². The molecule has 0 spiro atoms. The smallest absolute Gasteiger partial charge is 0.200 e. The molecule has 1 aromatic heterocycles. The van der Waals surface area contributed by atoms with Crippen molar-refractivity contribution in [2.75, 3.05) is 38.3 Å². The van der Waals surface area contributed by atoms with Crippen LogP contribution in [0.2, 0.25) is 0 Å². The van der Waals surface area contributed by atoms with Crippen molar-refractivity contribution in [2.45, 2.75) is 20.3 Å². The first-order valence-corrected chi connectivity index (χ1v) is 10.5. The number of phenols is 1. The number of rotatable bonds is 5. The molecule has 0 saturated carbocycles. The fourth-order valence-electron chi connectivity index (χ4n) is 3.88. The molecule has 1 aliphatic heterocycles. The molecule has 1 saturated heterocycles. The van der Waals surface area contributed by atoms with Gasteiger partial charge in [-0.25, -0.2) is 0 Å². The van der Waals surface area contributed by atoms with Crippen LogP contribution in [0, 0.1) is 11.7 Å². The number of anilines is 1. The molecule has 2 N–H and O–H groups in total. The highest BCUT2D eigenvalue weighted by Crippen LogP contribution is 2.35. The number of aromatic amines is 1. The fourth-order valence-corrected chi connectivity index (χ4v) is 4.12. The van der Waals surface area contributed by atoms with Gasteiger partial charge in [-0.15, -0.1) is 0 Å². The van der Waals surface area contributed by atoms with Crippen LogP contribution in [0.1, 0.15) is 18.1 Å². The highest BCUT2D eigenvalue weighted by Gasteiger charge is 2.20. The number of nitrogens with zero attached hydrogens (tertiary/aromatic N) is 3. The zero-order chi connectivity index (χ0) is 21.3. The summed E-state index contributed by atoms with van der Waals surface area (Å²) in [5.41, 5.74) is 4.69. The minimum absolute atomic E-state index is 0.182. The summed E-state index contributed by atoms with van der Waals surface area (Å²) in [6.07, 6.45) is 0.869. The van der Waals surface area contributed by atoms with Gasteiger partial charge in [0.2, 0.25) is 0 Å². The Balaban J connectivity index is 1.85. The first-order chi connectivity index (χ1) is 14.5. The summed E-state index contributed by atoms with van der Waals surface area (Å²) < 4.78 is 13.4. The molecule has 0 unspecified atom stereocenters. The Morgan fingerprint density at radius 3 is 2.70 bits per heavy atom. The molecule has 2 aromatic carbocycles. The Morgan fingerprint density at radius 1 is 1.23 bits per heavy atom. The van der Waals surface area contributed by atoms with Crippen molar-refractivity contribution in [3.8, 4) is 28.6 Å². The van der Waals surface area contributed by atoms with Gasteiger partial charge in [-0.1, -0.05) is 6.92 Å². The first kappa shape index (κ1) is 20.4. The van der Waals surface area contributed by atoms with E-state index in [-0.39, 0.29) is 5.75 Å². The van der Waals surface area contributed by atoms with E-state index in [0.29, 0.717) is 29.4 Å². The number of aromatic nitrogens is 3. The summed E-state index contributed by atoms with van der Waals surface area (Å²) in [5.74, 6) is 1.55. The third kappa shape index (κ3) is 3.68. The number of nitrogens with one attached hydrogen (secondary N) is 1. The average Bonchev–Trinajstić information content (AvgIpc) is 3.15. The lowest BCUT2D eigenvalue weighted by Crippen LogP contribution is -2.36. The molecule has 158 valence electrons. The van der Waals surface area contributed by atoms with Crippen molar-refractivity contribution in [3.05, 3.63) is 46.2 Å². The van der Waals surface area contributed by atoms with E-state index in [9.17, 15) is 5.11 Å². The summed E-state index contributed by atoms with van der Waals surface area (Å²) in [6, 6.07) is 9.70. The van der Waals surface area contributed by atoms with Crippen molar-refractivity contribution in [1.82, 2.24) is 14.8 Å². The van der Waals surface area contributed by atoms with E-state index in [1.807, 2.05) is 35.8 Å². The molecule has 0 aliphatic carbocycles. The Hall–Kier alpha value is -2.84. The van der Waals surface area contributed by atoms with Gasteiger partial charge in [0.05, 0.1) is 37.3 Å². The SMILES string of the molecule is CCc1cc(-c2n[nH]c(=S)n2-c2ccc(OC)c(N3CCOCC3)c2)c(O)cc1C. The number of H-pyrrole nitrogens is 1. The van der Waals surface area contributed by atoms with Crippen molar-refractivity contribution >= 4 is 17.9 Å². The van der Waals surface area contributed by atoms with Gasteiger partial charge < -0.3 is 19.5 Å². The fraction of sp³-hybridized carbons (Fsp3) is 0.364. The van der Waals surface area contributed by atoms with Crippen LogP contribution in [0.25, 0.3) is 17.1 Å². The van der Waals surface area contributed by atoms with E-state index in [4.69, 9.17) is 21.7 Å². The largest absolute Gasteiger partial charge is 0.507 e. The third-order valence-electron chi connectivity index (χ3n) is 5.52. The highest BCUT2D eigenvalue weighted by atomic mass is 32.1. The van der Waals surface area contributed by atoms with E-state index in [1.54, 1.807) is 13.2 Å². The molecule has 2 heterocycles. The van der Waals surface area contributed by atoms with Crippen LogP contribution in [0.3, 0.4) is 0 Å². The molecule has 8 heteroatoms. The number of hydrogen-bond acceptors (Lipinski definition) is 6. The molecular weight excluding hydrogens is 400 g/mol. The summed E-state index contributed by atoms with van der Waals surface area (Å²) in [7, 11) is 1.67. The number of hydrogen-bond donors (Lipinski definition) is 2. The second-order valence-electron chi connectivity index (χ2n) is 7.29. The van der Waals surface area contributed by atoms with Gasteiger partial charge in [0, 0.05) is 13.1 Å². The predicted octanol–water partition coefficient (Wildman–Crippen LogP) is 4.02. The molecule has 1 aliphatic rings. The summed E-state index contributed by atoms with van der Waals surface area (Å²) in [6.45, 7) is 7.04. The van der Waals surface area contributed by atoms with Crippen molar-refractivity contribution in [1.29, 1.82) is 0 Å². The zero-order valence-electron chi connectivity index (χ0n) is 17.4. The molecule has 3 aromatic rings. The van der Waals surface area contributed by atoms with Crippen molar-refractivity contribution in [2.24, 2.45) is 0 Å². The number of methoxy groups -OCH3 is 1. The maximum Gasteiger partial charge on any atom is 0.200 e. The van der Waals surface area contributed by atoms with Crippen LogP contribution in [0.4, 0.5) is 5.69 Å². The number of aryl methyl sites for hydroxylation is 2. The van der Waals surface area contributed by atoms with E-state index in [1.165, 1.54) is 0 Å². The average molecular weight is 427 g/mol. The van der Waals surface area contributed by atoms with Crippen LogP contribution in [0.5, 0.6) is 11.5 Å². The Kier molecular flexibility index (Phi) is 5.78. The monoisotopic (exact) mass is 426 g/mol. The number of morpholine rings is 1. The topological polar surface area (TPSA) is 75.5 Å². The van der Waals surface area contributed by atoms with E-state index in [2.05, 4.69) is 22.0 Å². The van der Waals surface area contributed by atoms with Gasteiger partial charge >= 0.3 is 0 Å². The van der Waals surface area contributed by atoms with Crippen LogP contribution in [-0.2, 0) is 11.2 Å². The van der Waals surface area contributed by atoms with Gasteiger partial charge in [0.15, 0.2) is 10.6 Å². The first-order valence-electron chi connectivity index (χ1n) is 10.0. The van der Waals surface area contributed by atoms with Crippen molar-refractivity contribution in [3.63, 3.8) is 0 Å². The lowest BCUT2D eigenvalue weighted by molar-refractivity contribution is 0.122. The van der Waals surface area contributed by atoms with Crippen molar-refractivity contribution < 1.29 is 14.6 Å². The van der Waals surface area contributed by atoms with Gasteiger partial charge in [0.25, 0.3) is 0 Å². The molecular formula is C22H26N4O3S. The highest BCUT2D eigenvalue weighted by molar-refractivity contribution is 7.71. The second-order valence-corrected chi connectivity index (χ2v) is 7.68. The summed E-state index contributed by atoms with van der Waals surface area (Å²) in [5, 5.41) is 18.0. The lowest BCUT2D eigenvalue weighted by atomic mass is 10.0. The van der Waals surface area contributed by atoms with Crippen LogP contribution in [0.15, 0.2) is 30.3 Å². The van der Waals surface area contributed by atoms with Crippen LogP contribution < -0.4 is 9.64 Å². The Bertz CT molecular complexity index is 1120. The number of benzene rings is 2. The molecule has 4 rings (SSSR count). The predicted molar refractivity (Wildman–Crippen MR) is 120 cm³/mol. The van der Waals surface area contributed by atoms with E-state index < -0.39 is 0 Å². The number of ether oxygens (including phenoxy) is 2. The maximum absolute atomic E-state index is 10.6. The quantitative estimate of drug-likeness (QED) is 0.600. The molecule has 0 amide bonds. The minimum Gasteiger partial charge on any atom is -0.507 e. The third-order valence-corrected chi connectivity index (χ3v) is 5.79. The Morgan fingerprint density at radius 2 is 2.00 bits per heavy atom. The van der Waals surface area contributed by atoms with Gasteiger partial charge in [0.1, 0.15) is 11.5 Å². The summed E-state index contributed by atoms with van der Waals surface area (Å²) >= 11 is 5.54. The molecule has 0 radical (unpaired) electrons. The van der Waals surface area contributed by atoms with Gasteiger partial charge in [-0.05, 0) is 67.0 Å². The number of phenolic OH excluding ortho intramolecular Hbond substituents is 1. The standard InChI is InChI=1S/C22H26N4O3S/c1-4-15-12-17(19(27)11-14(15)2)21-23-24-22(30)26(21)16-5-6-20(28-3)18(13-16)25-7-9-29-10-8-25/h5-6,11-13,27H,4,7-10H2,1-3H3,(H,24,30). The lowest BCUT2D eigenvalue weighted by Gasteiger charge is -2.30. The minimum atomic E-state index is 0.182. The van der Waals surface area contributed by atoms with E-state index in [0.717, 1.165) is 47.8 Å². The second kappa shape index (κ2) is 8.49. The molecule has 0 atom stereocenters. The molecule has 0 bridgehead atoms. The maximum atomic E-state index is 10.6. The van der Waals surface area contributed by atoms with Crippen LogP contribution in [-0.4, -0.2) is 53.3 Å². The number of aromatic hydroxyl groups is 1. The Labute approximate surface area is 180 Å². The van der Waals surface area contributed by atoms with Gasteiger partial charge in [-0.3, -0.25) is 9.67 Å². The molecule has 1 fully saturated rings. The zero-order valence-corrected chi connectivity index (χ0v) is 18.3. The van der Waals surface area contributed by atoms with Gasteiger partial charge in [-0.2, -0.15) is 5.10 Å². The molecule has 30 heavy (non-hydrogen) atoms. The molecule has 7 nitrogen and oxygen atoms in total. The summed E-state index contributed by atoms with van der Waals surface area (Å²) in [4.78, 5) is 2.24. The normalized spacial score (nSPS) is 14.2.